The van der Waals surface area contributed by atoms with Crippen LogP contribution in [0.15, 0.2) is 47.4 Å². The molecule has 0 unspecified atom stereocenters. The highest BCUT2D eigenvalue weighted by molar-refractivity contribution is 7.92. The predicted octanol–water partition coefficient (Wildman–Crippen LogP) is 3.79. The minimum atomic E-state index is -3.61. The molecule has 0 radical (unpaired) electrons. The summed E-state index contributed by atoms with van der Waals surface area (Å²) in [5.74, 6) is 0.660. The van der Waals surface area contributed by atoms with E-state index in [1.54, 1.807) is 24.3 Å². The molecule has 0 bridgehead atoms. The van der Waals surface area contributed by atoms with Crippen molar-refractivity contribution in [1.29, 1.82) is 0 Å². The van der Waals surface area contributed by atoms with Gasteiger partial charge in [0.2, 0.25) is 0 Å². The number of hydrogen-bond acceptors (Lipinski definition) is 4. The van der Waals surface area contributed by atoms with Gasteiger partial charge in [0.15, 0.2) is 0 Å². The number of hydrogen-bond donors (Lipinski definition) is 1. The fourth-order valence-electron chi connectivity index (χ4n) is 3.13. The third-order valence-electron chi connectivity index (χ3n) is 4.34. The maximum atomic E-state index is 12.6. The molecule has 1 saturated heterocycles. The number of nitrogens with one attached hydrogen (secondary N) is 1. The van der Waals surface area contributed by atoms with Crippen molar-refractivity contribution in [1.82, 2.24) is 0 Å². The molecule has 1 aliphatic heterocycles. The average Bonchev–Trinajstić information content (AvgIpc) is 3.10. The lowest BCUT2D eigenvalue weighted by Gasteiger charge is -2.21. The Balaban J connectivity index is 1.77. The SMILES string of the molecule is CCOc1ccc(S(=O)(=O)Nc2ccc(N3CCCC3)c(C)c2)cc1. The maximum absolute atomic E-state index is 12.6. The van der Waals surface area contributed by atoms with Crippen molar-refractivity contribution in [2.75, 3.05) is 29.3 Å². The Bertz CT molecular complexity index is 826. The number of rotatable bonds is 6. The first kappa shape index (κ1) is 17.6. The van der Waals surface area contributed by atoms with E-state index in [2.05, 4.69) is 9.62 Å². The standard InChI is InChI=1S/C19H24N2O3S/c1-3-24-17-7-9-18(10-8-17)25(22,23)20-16-6-11-19(15(2)14-16)21-12-4-5-13-21/h6-11,14,20H,3-5,12-13H2,1-2H3. The van der Waals surface area contributed by atoms with Gasteiger partial charge in [-0.2, -0.15) is 0 Å². The van der Waals surface area contributed by atoms with Crippen LogP contribution in [0.5, 0.6) is 5.75 Å². The lowest BCUT2D eigenvalue weighted by atomic mass is 10.1. The van der Waals surface area contributed by atoms with Crippen molar-refractivity contribution in [3.8, 4) is 5.75 Å². The number of sulfonamides is 1. The summed E-state index contributed by atoms with van der Waals surface area (Å²) in [6.07, 6.45) is 2.43. The molecule has 134 valence electrons. The molecule has 1 N–H and O–H groups in total. The fraction of sp³-hybridized carbons (Fsp3) is 0.368. The molecule has 0 aliphatic carbocycles. The van der Waals surface area contributed by atoms with E-state index in [1.807, 2.05) is 32.0 Å². The van der Waals surface area contributed by atoms with Crippen LogP contribution in [-0.2, 0) is 10.0 Å². The lowest BCUT2D eigenvalue weighted by Crippen LogP contribution is -2.19. The zero-order valence-corrected chi connectivity index (χ0v) is 15.5. The van der Waals surface area contributed by atoms with Crippen LogP contribution in [0.3, 0.4) is 0 Å². The normalized spacial score (nSPS) is 14.6. The van der Waals surface area contributed by atoms with Crippen LogP contribution in [0.25, 0.3) is 0 Å². The van der Waals surface area contributed by atoms with Crippen LogP contribution in [0, 0.1) is 6.92 Å². The highest BCUT2D eigenvalue weighted by atomic mass is 32.2. The van der Waals surface area contributed by atoms with Crippen molar-refractivity contribution in [3.63, 3.8) is 0 Å². The highest BCUT2D eigenvalue weighted by Gasteiger charge is 2.17. The Morgan fingerprint density at radius 3 is 2.36 bits per heavy atom. The van der Waals surface area contributed by atoms with E-state index in [0.29, 0.717) is 18.0 Å². The Labute approximate surface area is 149 Å². The molecule has 2 aromatic carbocycles. The molecule has 25 heavy (non-hydrogen) atoms. The summed E-state index contributed by atoms with van der Waals surface area (Å²) in [5, 5.41) is 0. The molecule has 0 amide bonds. The van der Waals surface area contributed by atoms with Gasteiger partial charge < -0.3 is 9.64 Å². The van der Waals surface area contributed by atoms with Gasteiger partial charge in [0.1, 0.15) is 5.75 Å². The zero-order valence-electron chi connectivity index (χ0n) is 14.7. The predicted molar refractivity (Wildman–Crippen MR) is 101 cm³/mol. The molecule has 1 heterocycles. The van der Waals surface area contributed by atoms with E-state index < -0.39 is 10.0 Å². The molecule has 5 nitrogen and oxygen atoms in total. The van der Waals surface area contributed by atoms with E-state index >= 15 is 0 Å². The average molecular weight is 360 g/mol. The largest absolute Gasteiger partial charge is 0.494 e. The van der Waals surface area contributed by atoms with Crippen molar-refractivity contribution in [3.05, 3.63) is 48.0 Å². The van der Waals surface area contributed by atoms with Crippen LogP contribution < -0.4 is 14.4 Å². The van der Waals surface area contributed by atoms with Crippen LogP contribution >= 0.6 is 0 Å². The lowest BCUT2D eigenvalue weighted by molar-refractivity contribution is 0.340. The Kier molecular flexibility index (Phi) is 5.18. The first-order chi connectivity index (χ1) is 12.0. The number of benzene rings is 2. The molecule has 0 atom stereocenters. The molecule has 0 aromatic heterocycles. The zero-order chi connectivity index (χ0) is 17.9. The fourth-order valence-corrected chi connectivity index (χ4v) is 4.18. The molecule has 0 saturated carbocycles. The minimum absolute atomic E-state index is 0.220. The molecule has 1 aliphatic rings. The summed E-state index contributed by atoms with van der Waals surface area (Å²) >= 11 is 0. The molecule has 0 spiro atoms. The number of aryl methyl sites for hydroxylation is 1. The van der Waals surface area contributed by atoms with Gasteiger partial charge in [-0.25, -0.2) is 8.42 Å². The van der Waals surface area contributed by atoms with Gasteiger partial charge in [0, 0.05) is 24.5 Å². The van der Waals surface area contributed by atoms with Crippen molar-refractivity contribution in [2.24, 2.45) is 0 Å². The maximum Gasteiger partial charge on any atom is 0.261 e. The van der Waals surface area contributed by atoms with E-state index in [9.17, 15) is 8.42 Å². The number of ether oxygens (including phenoxy) is 1. The van der Waals surface area contributed by atoms with Crippen LogP contribution in [-0.4, -0.2) is 28.1 Å². The van der Waals surface area contributed by atoms with Gasteiger partial charge in [-0.3, -0.25) is 4.72 Å². The van der Waals surface area contributed by atoms with E-state index in [4.69, 9.17) is 4.74 Å². The summed E-state index contributed by atoms with van der Waals surface area (Å²) < 4.78 is 33.1. The summed E-state index contributed by atoms with van der Waals surface area (Å²) in [6.45, 7) is 6.59. The quantitative estimate of drug-likeness (QED) is 0.851. The van der Waals surface area contributed by atoms with Crippen LogP contribution in [0.4, 0.5) is 11.4 Å². The van der Waals surface area contributed by atoms with Gasteiger partial charge in [0.05, 0.1) is 11.5 Å². The molecule has 1 fully saturated rings. The molecule has 3 rings (SSSR count). The molecular weight excluding hydrogens is 336 g/mol. The minimum Gasteiger partial charge on any atom is -0.494 e. The number of nitrogens with zero attached hydrogens (tertiary/aromatic N) is 1. The summed E-state index contributed by atoms with van der Waals surface area (Å²) in [7, 11) is -3.61. The summed E-state index contributed by atoms with van der Waals surface area (Å²) in [6, 6.07) is 12.2. The van der Waals surface area contributed by atoms with E-state index in [1.165, 1.54) is 18.5 Å². The van der Waals surface area contributed by atoms with E-state index in [0.717, 1.165) is 18.7 Å². The van der Waals surface area contributed by atoms with Gasteiger partial charge in [-0.15, -0.1) is 0 Å². The Morgan fingerprint density at radius 1 is 1.08 bits per heavy atom. The molecular formula is C19H24N2O3S. The van der Waals surface area contributed by atoms with Crippen LogP contribution in [0.1, 0.15) is 25.3 Å². The summed E-state index contributed by atoms with van der Waals surface area (Å²) in [4.78, 5) is 2.57. The second-order valence-electron chi connectivity index (χ2n) is 6.21. The Morgan fingerprint density at radius 2 is 1.76 bits per heavy atom. The molecule has 6 heteroatoms. The first-order valence-corrected chi connectivity index (χ1v) is 10.1. The smallest absolute Gasteiger partial charge is 0.261 e. The Hall–Kier alpha value is -2.21. The van der Waals surface area contributed by atoms with Crippen molar-refractivity contribution in [2.45, 2.75) is 31.6 Å². The molecule has 2 aromatic rings. The van der Waals surface area contributed by atoms with Crippen molar-refractivity contribution < 1.29 is 13.2 Å². The van der Waals surface area contributed by atoms with Gasteiger partial charge >= 0.3 is 0 Å². The van der Waals surface area contributed by atoms with Gasteiger partial charge in [-0.05, 0) is 74.7 Å². The van der Waals surface area contributed by atoms with Gasteiger partial charge in [0.25, 0.3) is 10.0 Å². The van der Waals surface area contributed by atoms with Crippen molar-refractivity contribution >= 4 is 21.4 Å². The second kappa shape index (κ2) is 7.35. The van der Waals surface area contributed by atoms with Crippen LogP contribution in [0.2, 0.25) is 0 Å². The van der Waals surface area contributed by atoms with E-state index in [-0.39, 0.29) is 4.90 Å². The highest BCUT2D eigenvalue weighted by Crippen LogP contribution is 2.28. The topological polar surface area (TPSA) is 58.6 Å². The number of anilines is 2. The monoisotopic (exact) mass is 360 g/mol. The summed E-state index contributed by atoms with van der Waals surface area (Å²) in [5.41, 5.74) is 2.84. The third kappa shape index (κ3) is 4.07. The third-order valence-corrected chi connectivity index (χ3v) is 5.74. The van der Waals surface area contributed by atoms with Gasteiger partial charge in [-0.1, -0.05) is 0 Å². The first-order valence-electron chi connectivity index (χ1n) is 8.61. The second-order valence-corrected chi connectivity index (χ2v) is 7.89.